The van der Waals surface area contributed by atoms with Gasteiger partial charge >= 0.3 is 0 Å². The number of rotatable bonds is 3. The Bertz CT molecular complexity index is 442. The van der Waals surface area contributed by atoms with Crippen molar-refractivity contribution in [1.29, 1.82) is 0 Å². The fourth-order valence-corrected chi connectivity index (χ4v) is 1.21. The Balaban J connectivity index is 2.12. The molecule has 2 heterocycles. The fourth-order valence-electron chi connectivity index (χ4n) is 1.21. The molecule has 0 unspecified atom stereocenters. The molecule has 2 rings (SSSR count). The van der Waals surface area contributed by atoms with Crippen molar-refractivity contribution >= 4 is 5.78 Å². The van der Waals surface area contributed by atoms with Gasteiger partial charge in [0, 0.05) is 12.4 Å². The second-order valence-corrected chi connectivity index (χ2v) is 3.02. The third-order valence-corrected chi connectivity index (χ3v) is 1.94. The maximum absolute atomic E-state index is 11.7. The van der Waals surface area contributed by atoms with Crippen LogP contribution in [0.25, 0.3) is 0 Å². The van der Waals surface area contributed by atoms with Crippen LogP contribution in [0.4, 0.5) is 0 Å². The molecule has 0 aliphatic rings. The normalized spacial score (nSPS) is 9.87. The highest BCUT2D eigenvalue weighted by atomic mass is 16.1. The van der Waals surface area contributed by atoms with Crippen LogP contribution in [0.15, 0.2) is 43.0 Å². The fraction of sp³-hybridized carbons (Fsp3) is 0.0909. The van der Waals surface area contributed by atoms with E-state index in [0.29, 0.717) is 11.4 Å². The Labute approximate surface area is 87.0 Å². The number of carbonyl (C=O) groups is 1. The second kappa shape index (κ2) is 4.41. The number of nitrogens with zero attached hydrogens (tertiary/aromatic N) is 3. The van der Waals surface area contributed by atoms with Crippen molar-refractivity contribution in [2.75, 3.05) is 0 Å². The van der Waals surface area contributed by atoms with Crippen molar-refractivity contribution in [3.63, 3.8) is 0 Å². The first-order chi connectivity index (χ1) is 7.36. The van der Waals surface area contributed by atoms with Crippen LogP contribution in [0.2, 0.25) is 0 Å². The van der Waals surface area contributed by atoms with Crippen molar-refractivity contribution in [3.05, 3.63) is 54.4 Å². The number of hydrogen-bond acceptors (Lipinski definition) is 4. The van der Waals surface area contributed by atoms with Crippen LogP contribution >= 0.6 is 0 Å². The van der Waals surface area contributed by atoms with Gasteiger partial charge in [-0.2, -0.15) is 0 Å². The largest absolute Gasteiger partial charge is 0.292 e. The maximum Gasteiger partial charge on any atom is 0.187 e. The highest BCUT2D eigenvalue weighted by molar-refractivity contribution is 5.95. The molecule has 0 bridgehead atoms. The summed E-state index contributed by atoms with van der Waals surface area (Å²) >= 11 is 0. The van der Waals surface area contributed by atoms with Crippen molar-refractivity contribution in [2.24, 2.45) is 0 Å². The van der Waals surface area contributed by atoms with Gasteiger partial charge in [-0.3, -0.25) is 9.78 Å². The van der Waals surface area contributed by atoms with E-state index < -0.39 is 0 Å². The third kappa shape index (κ3) is 2.43. The Morgan fingerprint density at radius 2 is 2.07 bits per heavy atom. The zero-order valence-corrected chi connectivity index (χ0v) is 8.00. The standard InChI is InChI=1S/C11H9N3O/c15-11(10-3-1-2-5-13-10)7-9-4-6-12-8-14-9/h1-6,8H,7H2. The molecule has 74 valence electrons. The highest BCUT2D eigenvalue weighted by Gasteiger charge is 2.07. The van der Waals surface area contributed by atoms with E-state index in [-0.39, 0.29) is 12.2 Å². The summed E-state index contributed by atoms with van der Waals surface area (Å²) in [5.41, 5.74) is 1.18. The number of ketones is 1. The predicted octanol–water partition coefficient (Wildman–Crippen LogP) is 1.30. The van der Waals surface area contributed by atoms with Gasteiger partial charge in [-0.1, -0.05) is 6.07 Å². The number of pyridine rings is 1. The summed E-state index contributed by atoms with van der Waals surface area (Å²) in [4.78, 5) is 23.4. The van der Waals surface area contributed by atoms with Gasteiger partial charge in [0.15, 0.2) is 5.78 Å². The van der Waals surface area contributed by atoms with E-state index >= 15 is 0 Å². The Kier molecular flexibility index (Phi) is 2.78. The summed E-state index contributed by atoms with van der Waals surface area (Å²) in [5.74, 6) is -0.0331. The van der Waals surface area contributed by atoms with Crippen LogP contribution in [-0.4, -0.2) is 20.7 Å². The molecule has 0 radical (unpaired) electrons. The van der Waals surface area contributed by atoms with E-state index in [1.54, 1.807) is 36.7 Å². The summed E-state index contributed by atoms with van der Waals surface area (Å²) < 4.78 is 0. The molecule has 0 spiro atoms. The zero-order chi connectivity index (χ0) is 10.5. The lowest BCUT2D eigenvalue weighted by molar-refractivity contribution is 0.0987. The van der Waals surface area contributed by atoms with Crippen LogP contribution in [0.3, 0.4) is 0 Å². The van der Waals surface area contributed by atoms with Gasteiger partial charge in [-0.15, -0.1) is 0 Å². The Morgan fingerprint density at radius 1 is 1.13 bits per heavy atom. The van der Waals surface area contributed by atoms with Crippen LogP contribution in [-0.2, 0) is 6.42 Å². The molecule has 0 amide bonds. The molecule has 0 atom stereocenters. The number of carbonyl (C=O) groups excluding carboxylic acids is 1. The highest BCUT2D eigenvalue weighted by Crippen LogP contribution is 2.01. The molecule has 2 aromatic heterocycles. The molecule has 0 aliphatic heterocycles. The van der Waals surface area contributed by atoms with E-state index in [2.05, 4.69) is 15.0 Å². The van der Waals surface area contributed by atoms with E-state index in [9.17, 15) is 4.79 Å². The maximum atomic E-state index is 11.7. The first-order valence-electron chi connectivity index (χ1n) is 4.55. The monoisotopic (exact) mass is 199 g/mol. The molecular weight excluding hydrogens is 190 g/mol. The lowest BCUT2D eigenvalue weighted by atomic mass is 10.1. The summed E-state index contributed by atoms with van der Waals surface area (Å²) in [6.07, 6.45) is 4.92. The van der Waals surface area contributed by atoms with Gasteiger partial charge in [0.05, 0.1) is 12.1 Å². The molecule has 0 N–H and O–H groups in total. The number of aromatic nitrogens is 3. The smallest absolute Gasteiger partial charge is 0.187 e. The first kappa shape index (κ1) is 9.45. The van der Waals surface area contributed by atoms with Gasteiger partial charge in [0.25, 0.3) is 0 Å². The van der Waals surface area contributed by atoms with Crippen LogP contribution in [0.1, 0.15) is 16.2 Å². The Morgan fingerprint density at radius 3 is 2.73 bits per heavy atom. The minimum absolute atomic E-state index is 0.0331. The van der Waals surface area contributed by atoms with Crippen molar-refractivity contribution < 1.29 is 4.79 Å². The van der Waals surface area contributed by atoms with E-state index in [0.717, 1.165) is 0 Å². The van der Waals surface area contributed by atoms with E-state index in [4.69, 9.17) is 0 Å². The molecule has 0 saturated heterocycles. The molecule has 4 heteroatoms. The first-order valence-corrected chi connectivity index (χ1v) is 4.55. The van der Waals surface area contributed by atoms with Gasteiger partial charge in [-0.05, 0) is 18.2 Å². The van der Waals surface area contributed by atoms with Crippen molar-refractivity contribution in [1.82, 2.24) is 15.0 Å². The zero-order valence-electron chi connectivity index (χ0n) is 8.00. The lowest BCUT2D eigenvalue weighted by Gasteiger charge is -1.98. The molecule has 0 aromatic carbocycles. The minimum Gasteiger partial charge on any atom is -0.292 e. The number of Topliss-reactive ketones (excluding diaryl/α,β-unsaturated/α-hetero) is 1. The lowest BCUT2D eigenvalue weighted by Crippen LogP contribution is -2.06. The molecule has 15 heavy (non-hydrogen) atoms. The average Bonchev–Trinajstić information content (AvgIpc) is 2.31. The summed E-state index contributed by atoms with van der Waals surface area (Å²) in [6.45, 7) is 0. The molecule has 0 saturated carbocycles. The van der Waals surface area contributed by atoms with Gasteiger partial charge in [0.2, 0.25) is 0 Å². The van der Waals surface area contributed by atoms with Crippen LogP contribution in [0.5, 0.6) is 0 Å². The summed E-state index contributed by atoms with van der Waals surface area (Å²) in [6, 6.07) is 6.99. The third-order valence-electron chi connectivity index (χ3n) is 1.94. The minimum atomic E-state index is -0.0331. The molecule has 0 fully saturated rings. The molecule has 2 aromatic rings. The van der Waals surface area contributed by atoms with E-state index in [1.807, 2.05) is 0 Å². The molecule has 4 nitrogen and oxygen atoms in total. The average molecular weight is 199 g/mol. The van der Waals surface area contributed by atoms with Crippen LogP contribution < -0.4 is 0 Å². The van der Waals surface area contributed by atoms with Gasteiger partial charge in [-0.25, -0.2) is 9.97 Å². The quantitative estimate of drug-likeness (QED) is 0.699. The van der Waals surface area contributed by atoms with Crippen molar-refractivity contribution in [3.8, 4) is 0 Å². The van der Waals surface area contributed by atoms with Gasteiger partial charge < -0.3 is 0 Å². The van der Waals surface area contributed by atoms with Crippen LogP contribution in [0, 0.1) is 0 Å². The Hall–Kier alpha value is -2.10. The second-order valence-electron chi connectivity index (χ2n) is 3.02. The SMILES string of the molecule is O=C(Cc1ccncn1)c1ccccn1. The number of hydrogen-bond donors (Lipinski definition) is 0. The summed E-state index contributed by atoms with van der Waals surface area (Å²) in [7, 11) is 0. The van der Waals surface area contributed by atoms with Gasteiger partial charge in [0.1, 0.15) is 12.0 Å². The predicted molar refractivity (Wildman–Crippen MR) is 54.3 cm³/mol. The topological polar surface area (TPSA) is 55.7 Å². The molecular formula is C11H9N3O. The molecule has 0 aliphatic carbocycles. The van der Waals surface area contributed by atoms with E-state index in [1.165, 1.54) is 6.33 Å². The summed E-state index contributed by atoms with van der Waals surface area (Å²) in [5, 5.41) is 0. The van der Waals surface area contributed by atoms with Crippen molar-refractivity contribution in [2.45, 2.75) is 6.42 Å².